The molecule has 1 unspecified atom stereocenters. The molecule has 4 aromatic rings. The SMILES string of the molecule is NC(CCCCB(O)O)(C(=O)O)C1CC(N(Cc2ccc(-c3ccc(O[C@H]4CCOC4)cc3)cc2)Cc2ccc(-c3ccc(O[C@H]4CCOC4)cc3)cc2)C1. The molecule has 0 aromatic heterocycles. The zero-order valence-corrected chi connectivity index (χ0v) is 31.4. The number of hydrogen-bond acceptors (Lipinski definition) is 9. The molecule has 1 aliphatic carbocycles. The number of aliphatic carboxylic acids is 1. The van der Waals surface area contributed by atoms with Gasteiger partial charge in [0.05, 0.1) is 26.4 Å². The van der Waals surface area contributed by atoms with Gasteiger partial charge in [0.25, 0.3) is 0 Å². The summed E-state index contributed by atoms with van der Waals surface area (Å²) in [6, 6.07) is 33.9. The average molecular weight is 749 g/mol. The number of carboxylic acids is 1. The van der Waals surface area contributed by atoms with Crippen LogP contribution in [-0.4, -0.2) is 83.4 Å². The van der Waals surface area contributed by atoms with E-state index >= 15 is 0 Å². The molecule has 2 saturated heterocycles. The highest BCUT2D eigenvalue weighted by Gasteiger charge is 2.49. The summed E-state index contributed by atoms with van der Waals surface area (Å²) in [6.07, 6.45) is 4.99. The Kier molecular flexibility index (Phi) is 12.9. The van der Waals surface area contributed by atoms with Crippen LogP contribution in [0.15, 0.2) is 97.1 Å². The number of rotatable bonds is 18. The van der Waals surface area contributed by atoms with E-state index in [1.807, 2.05) is 24.3 Å². The van der Waals surface area contributed by atoms with Crippen molar-refractivity contribution in [3.63, 3.8) is 0 Å². The van der Waals surface area contributed by atoms with Crippen molar-refractivity contribution in [3.05, 3.63) is 108 Å². The fourth-order valence-corrected chi connectivity index (χ4v) is 7.97. The van der Waals surface area contributed by atoms with Crippen LogP contribution in [0.4, 0.5) is 0 Å². The van der Waals surface area contributed by atoms with Gasteiger partial charge in [-0.05, 0) is 89.1 Å². The van der Waals surface area contributed by atoms with Crippen molar-refractivity contribution < 1.29 is 38.9 Å². The lowest BCUT2D eigenvalue weighted by molar-refractivity contribution is -0.149. The molecule has 55 heavy (non-hydrogen) atoms. The molecule has 0 radical (unpaired) electrons. The minimum Gasteiger partial charge on any atom is -0.488 e. The standard InChI is InChI=1S/C44H53BN2O8/c46-44(43(48)49,21-1-2-22-45(50)51)37-25-38(26-37)47(27-31-3-7-33(8-4-31)35-11-15-39(16-12-35)54-41-19-23-52-29-41)28-32-5-9-34(10-6-32)36-13-17-40(18-14-36)55-42-20-24-53-30-42/h3-18,37-38,41-42,50-51H,1-2,19-30,46H2,(H,48,49)/t37?,38?,41-,42-,44?/m0/s1. The zero-order chi connectivity index (χ0) is 38.2. The molecule has 3 atom stereocenters. The molecule has 5 N–H and O–H groups in total. The first-order valence-electron chi connectivity index (χ1n) is 19.7. The van der Waals surface area contributed by atoms with Gasteiger partial charge in [-0.3, -0.25) is 9.69 Å². The lowest BCUT2D eigenvalue weighted by atomic mass is 9.65. The van der Waals surface area contributed by atoms with Gasteiger partial charge in [-0.25, -0.2) is 0 Å². The van der Waals surface area contributed by atoms with Crippen molar-refractivity contribution in [2.45, 2.75) is 88.1 Å². The van der Waals surface area contributed by atoms with Crippen molar-refractivity contribution in [3.8, 4) is 33.8 Å². The first-order valence-corrected chi connectivity index (χ1v) is 19.7. The lowest BCUT2D eigenvalue weighted by Gasteiger charge is -2.49. The smallest absolute Gasteiger partial charge is 0.451 e. The molecule has 10 nitrogen and oxygen atoms in total. The van der Waals surface area contributed by atoms with Crippen molar-refractivity contribution in [1.82, 2.24) is 4.90 Å². The molecule has 3 fully saturated rings. The normalized spacial score (nSPS) is 21.9. The van der Waals surface area contributed by atoms with E-state index in [9.17, 15) is 19.9 Å². The number of nitrogens with two attached hydrogens (primary N) is 1. The van der Waals surface area contributed by atoms with Crippen LogP contribution in [0.5, 0.6) is 11.5 Å². The average Bonchev–Trinajstić information content (AvgIpc) is 3.89. The van der Waals surface area contributed by atoms with E-state index in [1.54, 1.807) is 0 Å². The van der Waals surface area contributed by atoms with Crippen LogP contribution in [0.25, 0.3) is 22.3 Å². The van der Waals surface area contributed by atoms with E-state index in [0.717, 1.165) is 59.8 Å². The molecule has 7 rings (SSSR count). The highest BCUT2D eigenvalue weighted by atomic mass is 16.6. The predicted octanol–water partition coefficient (Wildman–Crippen LogP) is 6.56. The number of carboxylic acid groups (broad SMARTS) is 1. The maximum Gasteiger partial charge on any atom is 0.451 e. The fourth-order valence-electron chi connectivity index (χ4n) is 7.97. The summed E-state index contributed by atoms with van der Waals surface area (Å²) >= 11 is 0. The third-order valence-corrected chi connectivity index (χ3v) is 11.5. The Hall–Kier alpha value is -4.23. The molecule has 0 spiro atoms. The zero-order valence-electron chi connectivity index (χ0n) is 31.4. The molecular weight excluding hydrogens is 695 g/mol. The first kappa shape index (κ1) is 39.0. The Bertz CT molecular complexity index is 1700. The quantitative estimate of drug-likeness (QED) is 0.0653. The van der Waals surface area contributed by atoms with Crippen LogP contribution in [0.1, 0.15) is 56.1 Å². The molecule has 0 bridgehead atoms. The van der Waals surface area contributed by atoms with E-state index < -0.39 is 18.6 Å². The second-order valence-electron chi connectivity index (χ2n) is 15.4. The molecule has 0 amide bonds. The number of hydrogen-bond donors (Lipinski definition) is 4. The lowest BCUT2D eigenvalue weighted by Crippen LogP contribution is -2.61. The van der Waals surface area contributed by atoms with Gasteiger partial charge in [-0.1, -0.05) is 85.6 Å². The van der Waals surface area contributed by atoms with E-state index in [1.165, 1.54) is 11.1 Å². The fraction of sp³-hybridized carbons (Fsp3) is 0.432. The van der Waals surface area contributed by atoms with E-state index in [0.29, 0.717) is 58.4 Å². The molecule has 2 aliphatic heterocycles. The second kappa shape index (κ2) is 18.1. The number of ether oxygens (including phenoxy) is 4. The highest BCUT2D eigenvalue weighted by Crippen LogP contribution is 2.42. The molecule has 4 aromatic carbocycles. The summed E-state index contributed by atoms with van der Waals surface area (Å²) < 4.78 is 23.0. The van der Waals surface area contributed by atoms with Gasteiger partial charge in [0.15, 0.2) is 0 Å². The largest absolute Gasteiger partial charge is 0.488 e. The molecule has 3 aliphatic rings. The Morgan fingerprint density at radius 2 is 1.15 bits per heavy atom. The molecule has 11 heteroatoms. The van der Waals surface area contributed by atoms with Gasteiger partial charge in [-0.2, -0.15) is 0 Å². The van der Waals surface area contributed by atoms with Gasteiger partial charge in [0.2, 0.25) is 0 Å². The van der Waals surface area contributed by atoms with Gasteiger partial charge in [0.1, 0.15) is 29.2 Å². The highest BCUT2D eigenvalue weighted by molar-refractivity contribution is 6.40. The maximum absolute atomic E-state index is 12.5. The van der Waals surface area contributed by atoms with Gasteiger partial charge in [0, 0.05) is 32.0 Å². The van der Waals surface area contributed by atoms with Gasteiger partial charge >= 0.3 is 13.1 Å². The van der Waals surface area contributed by atoms with Crippen LogP contribution in [-0.2, 0) is 27.4 Å². The van der Waals surface area contributed by atoms with Gasteiger partial charge < -0.3 is 39.8 Å². The van der Waals surface area contributed by atoms with Crippen molar-refractivity contribution in [2.75, 3.05) is 26.4 Å². The monoisotopic (exact) mass is 748 g/mol. The Labute approximate surface area is 324 Å². The number of benzene rings is 4. The third-order valence-electron chi connectivity index (χ3n) is 11.5. The van der Waals surface area contributed by atoms with Crippen LogP contribution in [0.2, 0.25) is 6.32 Å². The summed E-state index contributed by atoms with van der Waals surface area (Å²) in [4.78, 5) is 14.9. The van der Waals surface area contributed by atoms with Crippen LogP contribution < -0.4 is 15.2 Å². The predicted molar refractivity (Wildman–Crippen MR) is 213 cm³/mol. The Balaban J connectivity index is 1.02. The third kappa shape index (κ3) is 10.2. The summed E-state index contributed by atoms with van der Waals surface area (Å²) in [5.74, 6) is 0.550. The maximum atomic E-state index is 12.5. The van der Waals surface area contributed by atoms with Crippen LogP contribution in [0, 0.1) is 5.92 Å². The topological polar surface area (TPSA) is 144 Å². The van der Waals surface area contributed by atoms with Crippen molar-refractivity contribution in [2.24, 2.45) is 11.7 Å². The summed E-state index contributed by atoms with van der Waals surface area (Å²) in [5.41, 5.74) is 12.1. The summed E-state index contributed by atoms with van der Waals surface area (Å²) in [5, 5.41) is 28.7. The summed E-state index contributed by atoms with van der Waals surface area (Å²) in [6.45, 7) is 4.19. The second-order valence-corrected chi connectivity index (χ2v) is 15.4. The Morgan fingerprint density at radius 3 is 1.53 bits per heavy atom. The minimum absolute atomic E-state index is 0.115. The van der Waals surface area contributed by atoms with E-state index in [2.05, 4.69) is 77.7 Å². The van der Waals surface area contributed by atoms with Crippen LogP contribution >= 0.6 is 0 Å². The molecule has 2 heterocycles. The minimum atomic E-state index is -1.39. The molecular formula is C44H53BN2O8. The molecule has 290 valence electrons. The van der Waals surface area contributed by atoms with Crippen molar-refractivity contribution in [1.29, 1.82) is 0 Å². The number of nitrogens with zero attached hydrogens (tertiary/aromatic N) is 1. The van der Waals surface area contributed by atoms with E-state index in [-0.39, 0.29) is 30.5 Å². The summed E-state index contributed by atoms with van der Waals surface area (Å²) in [7, 11) is -1.39. The number of unbranched alkanes of at least 4 members (excludes halogenated alkanes) is 1. The first-order chi connectivity index (χ1) is 26.7. The van der Waals surface area contributed by atoms with Crippen molar-refractivity contribution >= 4 is 13.1 Å². The van der Waals surface area contributed by atoms with E-state index in [4.69, 9.17) is 24.7 Å². The Morgan fingerprint density at radius 1 is 0.709 bits per heavy atom. The van der Waals surface area contributed by atoms with Crippen LogP contribution in [0.3, 0.4) is 0 Å². The number of carbonyl (C=O) groups is 1. The van der Waals surface area contributed by atoms with Gasteiger partial charge in [-0.15, -0.1) is 0 Å². The molecule has 1 saturated carbocycles.